The van der Waals surface area contributed by atoms with Gasteiger partial charge in [-0.1, -0.05) is 42.5 Å². The van der Waals surface area contributed by atoms with E-state index in [1.54, 1.807) is 12.1 Å². The van der Waals surface area contributed by atoms with Crippen LogP contribution in [0.2, 0.25) is 0 Å². The highest BCUT2D eigenvalue weighted by atomic mass is 16.8. The van der Waals surface area contributed by atoms with Crippen LogP contribution in [0.3, 0.4) is 0 Å². The summed E-state index contributed by atoms with van der Waals surface area (Å²) >= 11 is 0. The van der Waals surface area contributed by atoms with Crippen molar-refractivity contribution < 1.29 is 39.3 Å². The van der Waals surface area contributed by atoms with Crippen molar-refractivity contribution in [3.8, 4) is 5.88 Å². The van der Waals surface area contributed by atoms with E-state index in [2.05, 4.69) is 27.1 Å². The second kappa shape index (κ2) is 13.9. The van der Waals surface area contributed by atoms with Crippen LogP contribution < -0.4 is 10.8 Å². The number of allylic oxidation sites excluding steroid dienone is 4. The number of piperazine rings is 1. The number of rotatable bonds is 8. The summed E-state index contributed by atoms with van der Waals surface area (Å²) in [6, 6.07) is 15.1. The van der Waals surface area contributed by atoms with E-state index in [9.17, 15) is 25.2 Å². The number of carbonyl (C=O) groups is 1. The van der Waals surface area contributed by atoms with E-state index in [-0.39, 0.29) is 11.8 Å². The molecule has 1 aliphatic carbocycles. The number of benzene rings is 2. The SMILES string of the molecule is CN1CCN(CC(=O)NC2=CC=C(N=C(c3ccccc3)c3c(O)[nH]c4cc(B5OC6O[C@H](CO)[C@@H](O)[C@H](O)[C@@H]6O5)ccc34)CC2)CC1. The van der Waals surface area contributed by atoms with Crippen molar-refractivity contribution in [3.05, 3.63) is 83.2 Å². The zero-order chi connectivity index (χ0) is 33.4. The normalized spacial score (nSPS) is 27.1. The Morgan fingerprint density at radius 3 is 2.56 bits per heavy atom. The second-order valence-corrected chi connectivity index (χ2v) is 12.7. The van der Waals surface area contributed by atoms with Gasteiger partial charge in [0.15, 0.2) is 12.2 Å². The molecule has 5 atom stereocenters. The van der Waals surface area contributed by atoms with Gasteiger partial charge < -0.3 is 49.7 Å². The van der Waals surface area contributed by atoms with E-state index >= 15 is 0 Å². The monoisotopic (exact) mass is 657 g/mol. The number of hydrogen-bond donors (Lipinski definition) is 6. The average molecular weight is 658 g/mol. The van der Waals surface area contributed by atoms with Gasteiger partial charge in [0, 0.05) is 54.0 Å². The molecule has 3 aliphatic heterocycles. The predicted molar refractivity (Wildman–Crippen MR) is 179 cm³/mol. The van der Waals surface area contributed by atoms with Crippen LogP contribution in [-0.4, -0.2) is 131 Å². The molecule has 3 saturated heterocycles. The van der Waals surface area contributed by atoms with Crippen LogP contribution in [0.15, 0.2) is 77.1 Å². The fourth-order valence-corrected chi connectivity index (χ4v) is 6.61. The van der Waals surface area contributed by atoms with Crippen LogP contribution in [0, 0.1) is 0 Å². The third-order valence-corrected chi connectivity index (χ3v) is 9.37. The Labute approximate surface area is 278 Å². The molecule has 4 heterocycles. The highest BCUT2D eigenvalue weighted by Gasteiger charge is 2.53. The number of aliphatic hydroxyl groups excluding tert-OH is 3. The molecular weight excluding hydrogens is 617 g/mol. The van der Waals surface area contributed by atoms with Gasteiger partial charge in [-0.25, -0.2) is 0 Å². The van der Waals surface area contributed by atoms with E-state index in [1.807, 2.05) is 48.6 Å². The molecule has 4 aliphatic rings. The van der Waals surface area contributed by atoms with Gasteiger partial charge in [-0.2, -0.15) is 0 Å². The van der Waals surface area contributed by atoms with Crippen molar-refractivity contribution in [1.29, 1.82) is 0 Å². The lowest BCUT2D eigenvalue weighted by atomic mass is 9.79. The van der Waals surface area contributed by atoms with Gasteiger partial charge in [-0.15, -0.1) is 0 Å². The third-order valence-electron chi connectivity index (χ3n) is 9.37. The number of ether oxygens (including phenoxy) is 1. The number of nitrogens with one attached hydrogen (secondary N) is 2. The number of carbonyl (C=O) groups excluding carboxylic acids is 1. The summed E-state index contributed by atoms with van der Waals surface area (Å²) in [6.07, 6.45) is -0.440. The van der Waals surface area contributed by atoms with Gasteiger partial charge in [-0.3, -0.25) is 14.7 Å². The Morgan fingerprint density at radius 1 is 1.04 bits per heavy atom. The first-order chi connectivity index (χ1) is 23.3. The Balaban J connectivity index is 1.12. The van der Waals surface area contributed by atoms with Crippen molar-refractivity contribution in [1.82, 2.24) is 20.1 Å². The number of hydrogen-bond acceptors (Lipinski definition) is 11. The number of aliphatic hydroxyl groups is 3. The minimum absolute atomic E-state index is 0.0120. The fourth-order valence-electron chi connectivity index (χ4n) is 6.61. The lowest BCUT2D eigenvalue weighted by molar-refractivity contribution is -0.249. The topological polar surface area (TPSA) is 172 Å². The smallest absolute Gasteiger partial charge is 0.494 e. The number of aromatic nitrogens is 1. The predicted octanol–water partition coefficient (Wildman–Crippen LogP) is 0.186. The van der Waals surface area contributed by atoms with Gasteiger partial charge in [0.25, 0.3) is 0 Å². The molecule has 14 heteroatoms. The number of likely N-dealkylation sites (N-methyl/N-ethyl adjacent to an activating group) is 1. The van der Waals surface area contributed by atoms with Crippen LogP contribution >= 0.6 is 0 Å². The largest absolute Gasteiger partial charge is 0.496 e. The van der Waals surface area contributed by atoms with Crippen LogP contribution in [0.1, 0.15) is 24.0 Å². The molecule has 1 unspecified atom stereocenters. The number of aromatic amines is 1. The number of aromatic hydroxyl groups is 1. The molecule has 0 saturated carbocycles. The minimum atomic E-state index is -1.31. The quantitative estimate of drug-likeness (QED) is 0.145. The van der Waals surface area contributed by atoms with E-state index in [1.165, 1.54) is 0 Å². The van der Waals surface area contributed by atoms with Gasteiger partial charge in [0.1, 0.15) is 24.4 Å². The molecule has 13 nitrogen and oxygen atoms in total. The van der Waals surface area contributed by atoms with Crippen LogP contribution in [0.5, 0.6) is 5.88 Å². The molecule has 252 valence electrons. The van der Waals surface area contributed by atoms with E-state index in [0.29, 0.717) is 41.6 Å². The maximum atomic E-state index is 12.7. The maximum Gasteiger partial charge on any atom is 0.496 e. The number of amides is 1. The summed E-state index contributed by atoms with van der Waals surface area (Å²) in [4.78, 5) is 25.2. The summed E-state index contributed by atoms with van der Waals surface area (Å²) in [7, 11) is 1.18. The highest BCUT2D eigenvalue weighted by Crippen LogP contribution is 2.33. The van der Waals surface area contributed by atoms with Crippen LogP contribution in [-0.2, 0) is 18.8 Å². The zero-order valence-electron chi connectivity index (χ0n) is 26.7. The molecule has 6 N–H and O–H groups in total. The number of H-pyrrole nitrogens is 1. The number of nitrogens with zero attached hydrogens (tertiary/aromatic N) is 3. The second-order valence-electron chi connectivity index (χ2n) is 12.7. The van der Waals surface area contributed by atoms with Crippen molar-refractivity contribution in [3.63, 3.8) is 0 Å². The van der Waals surface area contributed by atoms with Crippen LogP contribution in [0.25, 0.3) is 10.9 Å². The van der Waals surface area contributed by atoms with Crippen molar-refractivity contribution in [2.75, 3.05) is 46.4 Å². The van der Waals surface area contributed by atoms with E-state index in [4.69, 9.17) is 19.0 Å². The first kappa shape index (κ1) is 32.7. The highest BCUT2D eigenvalue weighted by molar-refractivity contribution is 6.62. The number of fused-ring (bicyclic) bond motifs is 2. The third kappa shape index (κ3) is 6.71. The van der Waals surface area contributed by atoms with Crippen molar-refractivity contribution >= 4 is 35.1 Å². The van der Waals surface area contributed by atoms with Crippen LogP contribution in [0.4, 0.5) is 0 Å². The molecule has 0 spiro atoms. The Morgan fingerprint density at radius 2 is 1.83 bits per heavy atom. The maximum absolute atomic E-state index is 12.7. The summed E-state index contributed by atoms with van der Waals surface area (Å²) in [6.45, 7) is 3.58. The molecule has 1 amide bonds. The van der Waals surface area contributed by atoms with Gasteiger partial charge >= 0.3 is 7.12 Å². The molecule has 0 radical (unpaired) electrons. The Hall–Kier alpha value is -3.86. The summed E-state index contributed by atoms with van der Waals surface area (Å²) in [5.74, 6) is -0.0646. The molecule has 3 aromatic rings. The molecule has 0 bridgehead atoms. The van der Waals surface area contributed by atoms with Crippen molar-refractivity contribution in [2.45, 2.75) is 43.5 Å². The lowest BCUT2D eigenvalue weighted by Crippen LogP contribution is -2.57. The number of aliphatic imine (C=N–C) groups is 1. The van der Waals surface area contributed by atoms with Gasteiger partial charge in [-0.05, 0) is 43.6 Å². The fraction of sp³-hybridized carbons (Fsp3) is 0.412. The standard InChI is InChI=1S/C34H40BN5O8/c1-39-13-15-40(16-14-39)18-27(42)36-22-8-10-23(11-9-22)37-29(20-5-3-2-4-6-20)28-24-12-7-21(17-25(24)38-33(28)45)35-47-32-31(44)30(43)26(19-41)46-34(32)48-35/h2-8,10,12,17,26,30-32,34,38,41,43-45H,9,11,13-16,18-19H2,1H3,(H,36,42)/t26-,30-,31+,32+,34?/m1/s1. The Kier molecular flexibility index (Phi) is 9.49. The zero-order valence-corrected chi connectivity index (χ0v) is 26.7. The molecule has 2 aromatic carbocycles. The first-order valence-electron chi connectivity index (χ1n) is 16.3. The van der Waals surface area contributed by atoms with E-state index < -0.39 is 44.4 Å². The van der Waals surface area contributed by atoms with E-state index in [0.717, 1.165) is 48.5 Å². The molecule has 48 heavy (non-hydrogen) atoms. The lowest BCUT2D eigenvalue weighted by Gasteiger charge is -2.37. The summed E-state index contributed by atoms with van der Waals surface area (Å²) in [5.41, 5.74) is 4.84. The average Bonchev–Trinajstić information content (AvgIpc) is 3.67. The molecular formula is C34H40BN5O8. The summed E-state index contributed by atoms with van der Waals surface area (Å²) < 4.78 is 17.4. The summed E-state index contributed by atoms with van der Waals surface area (Å²) in [5, 5.41) is 45.3. The molecule has 3 fully saturated rings. The molecule has 1 aromatic heterocycles. The first-order valence-corrected chi connectivity index (χ1v) is 16.3. The van der Waals surface area contributed by atoms with Gasteiger partial charge in [0.2, 0.25) is 5.91 Å². The minimum Gasteiger partial charge on any atom is -0.494 e. The molecule has 7 rings (SSSR count). The van der Waals surface area contributed by atoms with Gasteiger partial charge in [0.05, 0.1) is 24.4 Å². The Bertz CT molecular complexity index is 1740. The van der Waals surface area contributed by atoms with Crippen molar-refractivity contribution in [2.24, 2.45) is 4.99 Å².